The Morgan fingerprint density at radius 3 is 2.73 bits per heavy atom. The van der Waals surface area contributed by atoms with Crippen molar-refractivity contribution in [1.82, 2.24) is 10.2 Å². The Hall–Kier alpha value is -0.120. The van der Waals surface area contributed by atoms with Crippen LogP contribution in [0.25, 0.3) is 0 Å². The molecule has 15 heavy (non-hydrogen) atoms. The lowest BCUT2D eigenvalue weighted by atomic mass is 10.1. The Balaban J connectivity index is 1.56. The maximum absolute atomic E-state index is 5.58. The van der Waals surface area contributed by atoms with Gasteiger partial charge in [0.25, 0.3) is 0 Å². The third kappa shape index (κ3) is 3.44. The topological polar surface area (TPSA) is 24.5 Å². The number of hydrogen-bond acceptors (Lipinski definition) is 3. The Morgan fingerprint density at radius 2 is 2.13 bits per heavy atom. The van der Waals surface area contributed by atoms with E-state index in [-0.39, 0.29) is 0 Å². The number of nitrogens with zero attached hydrogens (tertiary/aromatic N) is 1. The maximum atomic E-state index is 5.58. The van der Waals surface area contributed by atoms with Crippen molar-refractivity contribution in [3.05, 3.63) is 0 Å². The van der Waals surface area contributed by atoms with Crippen LogP contribution in [0.15, 0.2) is 0 Å². The van der Waals surface area contributed by atoms with Crippen LogP contribution in [0.3, 0.4) is 0 Å². The van der Waals surface area contributed by atoms with Gasteiger partial charge in [0.05, 0.1) is 6.10 Å². The summed E-state index contributed by atoms with van der Waals surface area (Å²) in [7, 11) is 2.23. The number of ether oxygens (including phenoxy) is 1. The second kappa shape index (κ2) is 5.28. The summed E-state index contributed by atoms with van der Waals surface area (Å²) in [4.78, 5) is 2.46. The molecule has 0 aromatic rings. The van der Waals surface area contributed by atoms with Gasteiger partial charge in [0.15, 0.2) is 0 Å². The first-order valence-electron chi connectivity index (χ1n) is 6.32. The summed E-state index contributed by atoms with van der Waals surface area (Å²) in [5.74, 6) is 0. The lowest BCUT2D eigenvalue weighted by molar-refractivity contribution is 0.0833. The third-order valence-corrected chi connectivity index (χ3v) is 3.60. The minimum Gasteiger partial charge on any atom is -0.377 e. The van der Waals surface area contributed by atoms with Crippen molar-refractivity contribution in [2.75, 3.05) is 26.7 Å². The van der Waals surface area contributed by atoms with Crippen LogP contribution < -0.4 is 5.32 Å². The molecule has 1 aliphatic heterocycles. The highest BCUT2D eigenvalue weighted by Gasteiger charge is 2.27. The van der Waals surface area contributed by atoms with E-state index in [9.17, 15) is 0 Å². The molecule has 88 valence electrons. The van der Waals surface area contributed by atoms with Crippen molar-refractivity contribution in [3.8, 4) is 0 Å². The van der Waals surface area contributed by atoms with E-state index in [4.69, 9.17) is 4.74 Å². The summed E-state index contributed by atoms with van der Waals surface area (Å²) in [6, 6.07) is 1.50. The highest BCUT2D eigenvalue weighted by atomic mass is 16.5. The summed E-state index contributed by atoms with van der Waals surface area (Å²) in [5.41, 5.74) is 0. The van der Waals surface area contributed by atoms with Gasteiger partial charge in [-0.15, -0.1) is 0 Å². The van der Waals surface area contributed by atoms with Gasteiger partial charge in [-0.3, -0.25) is 0 Å². The fourth-order valence-corrected chi connectivity index (χ4v) is 2.39. The highest BCUT2D eigenvalue weighted by molar-refractivity contribution is 4.82. The van der Waals surface area contributed by atoms with Crippen LogP contribution in [0.2, 0.25) is 0 Å². The minimum absolute atomic E-state index is 0.423. The molecule has 1 saturated heterocycles. The van der Waals surface area contributed by atoms with E-state index in [0.29, 0.717) is 12.1 Å². The Bertz CT molecular complexity index is 194. The second-order valence-electron chi connectivity index (χ2n) is 4.99. The summed E-state index contributed by atoms with van der Waals surface area (Å²) in [6.45, 7) is 5.50. The average Bonchev–Trinajstić information content (AvgIpc) is 2.94. The average molecular weight is 212 g/mol. The molecule has 0 bridgehead atoms. The molecule has 0 amide bonds. The molecule has 1 aliphatic carbocycles. The first kappa shape index (κ1) is 11.4. The summed E-state index contributed by atoms with van der Waals surface area (Å²) in [5, 5.41) is 3.56. The van der Waals surface area contributed by atoms with Crippen LogP contribution in [0, 0.1) is 0 Å². The molecule has 0 aromatic carbocycles. The van der Waals surface area contributed by atoms with E-state index in [1.807, 2.05) is 0 Å². The van der Waals surface area contributed by atoms with E-state index in [1.54, 1.807) is 0 Å². The molecule has 2 aliphatic rings. The van der Waals surface area contributed by atoms with Crippen LogP contribution in [-0.2, 0) is 4.74 Å². The summed E-state index contributed by atoms with van der Waals surface area (Å²) >= 11 is 0. The van der Waals surface area contributed by atoms with Gasteiger partial charge >= 0.3 is 0 Å². The van der Waals surface area contributed by atoms with E-state index >= 15 is 0 Å². The van der Waals surface area contributed by atoms with Crippen LogP contribution >= 0.6 is 0 Å². The fourth-order valence-electron chi connectivity index (χ4n) is 2.39. The molecule has 0 aromatic heterocycles. The van der Waals surface area contributed by atoms with Gasteiger partial charge in [-0.25, -0.2) is 0 Å². The van der Waals surface area contributed by atoms with Gasteiger partial charge in [-0.05, 0) is 52.7 Å². The third-order valence-electron chi connectivity index (χ3n) is 3.60. The van der Waals surface area contributed by atoms with Crippen molar-refractivity contribution >= 4 is 0 Å². The number of rotatable bonds is 6. The molecular weight excluding hydrogens is 188 g/mol. The van der Waals surface area contributed by atoms with Gasteiger partial charge in [-0.2, -0.15) is 0 Å². The molecular formula is C12H24N2O. The summed E-state index contributed by atoms with van der Waals surface area (Å²) in [6.07, 6.45) is 5.67. The SMILES string of the molecule is CC1OCCC1N(C)CCCNC1CC1. The van der Waals surface area contributed by atoms with Gasteiger partial charge in [-0.1, -0.05) is 0 Å². The maximum Gasteiger partial charge on any atom is 0.0702 e. The number of nitrogens with one attached hydrogen (secondary N) is 1. The van der Waals surface area contributed by atoms with E-state index < -0.39 is 0 Å². The van der Waals surface area contributed by atoms with Crippen LogP contribution in [0.1, 0.15) is 32.6 Å². The molecule has 0 spiro atoms. The van der Waals surface area contributed by atoms with Gasteiger partial charge in [0, 0.05) is 18.7 Å². The molecule has 2 fully saturated rings. The zero-order valence-electron chi connectivity index (χ0n) is 10.0. The Labute approximate surface area is 93.2 Å². The summed E-state index contributed by atoms with van der Waals surface area (Å²) < 4.78 is 5.58. The Kier molecular flexibility index (Phi) is 4.00. The second-order valence-corrected chi connectivity index (χ2v) is 4.99. The Morgan fingerprint density at radius 1 is 1.33 bits per heavy atom. The largest absolute Gasteiger partial charge is 0.377 e. The fraction of sp³-hybridized carbons (Fsp3) is 1.00. The molecule has 1 saturated carbocycles. The first-order chi connectivity index (χ1) is 7.27. The normalized spacial score (nSPS) is 31.4. The van der Waals surface area contributed by atoms with Gasteiger partial charge in [0.1, 0.15) is 0 Å². The standard InChI is InChI=1S/C12H24N2O/c1-10-12(6-9-15-10)14(2)8-3-7-13-11-4-5-11/h10-13H,3-9H2,1-2H3. The molecule has 2 unspecified atom stereocenters. The van der Waals surface area contributed by atoms with Crippen molar-refractivity contribution < 1.29 is 4.74 Å². The molecule has 1 heterocycles. The lowest BCUT2D eigenvalue weighted by Crippen LogP contribution is -2.38. The van der Waals surface area contributed by atoms with Gasteiger partial charge in [0.2, 0.25) is 0 Å². The first-order valence-corrected chi connectivity index (χ1v) is 6.32. The van der Waals surface area contributed by atoms with Crippen LogP contribution in [0.5, 0.6) is 0 Å². The monoisotopic (exact) mass is 212 g/mol. The van der Waals surface area contributed by atoms with Crippen LogP contribution in [-0.4, -0.2) is 49.8 Å². The van der Waals surface area contributed by atoms with Crippen molar-refractivity contribution in [2.45, 2.75) is 50.8 Å². The van der Waals surface area contributed by atoms with Gasteiger partial charge < -0.3 is 15.0 Å². The van der Waals surface area contributed by atoms with Crippen molar-refractivity contribution in [1.29, 1.82) is 0 Å². The van der Waals surface area contributed by atoms with E-state index in [1.165, 1.54) is 38.8 Å². The van der Waals surface area contributed by atoms with Crippen molar-refractivity contribution in [2.24, 2.45) is 0 Å². The highest BCUT2D eigenvalue weighted by Crippen LogP contribution is 2.19. The van der Waals surface area contributed by atoms with Crippen molar-refractivity contribution in [3.63, 3.8) is 0 Å². The van der Waals surface area contributed by atoms with Crippen LogP contribution in [0.4, 0.5) is 0 Å². The zero-order chi connectivity index (χ0) is 10.7. The predicted octanol–water partition coefficient (Wildman–Crippen LogP) is 1.24. The zero-order valence-corrected chi connectivity index (χ0v) is 10.0. The molecule has 3 heteroatoms. The minimum atomic E-state index is 0.423. The van der Waals surface area contributed by atoms with E-state index in [2.05, 4.69) is 24.2 Å². The van der Waals surface area contributed by atoms with E-state index in [0.717, 1.165) is 12.6 Å². The molecule has 2 rings (SSSR count). The number of hydrogen-bond donors (Lipinski definition) is 1. The smallest absolute Gasteiger partial charge is 0.0702 e. The molecule has 0 radical (unpaired) electrons. The lowest BCUT2D eigenvalue weighted by Gasteiger charge is -2.26. The number of likely N-dealkylation sites (N-methyl/N-ethyl adjacent to an activating group) is 1. The predicted molar refractivity (Wildman–Crippen MR) is 62.1 cm³/mol. The quantitative estimate of drug-likeness (QED) is 0.670. The molecule has 3 nitrogen and oxygen atoms in total. The molecule has 1 N–H and O–H groups in total. The molecule has 2 atom stereocenters.